The van der Waals surface area contributed by atoms with Gasteiger partial charge in [0, 0.05) is 16.6 Å². The molecule has 0 aliphatic rings. The first-order valence-electron chi connectivity index (χ1n) is 6.32. The Hall–Kier alpha value is -2.81. The molecule has 3 heteroatoms. The van der Waals surface area contributed by atoms with Gasteiger partial charge in [0.15, 0.2) is 0 Å². The van der Waals surface area contributed by atoms with Crippen LogP contribution in [-0.4, -0.2) is 11.0 Å². The summed E-state index contributed by atoms with van der Waals surface area (Å²) in [5, 5.41) is 14.3. The summed E-state index contributed by atoms with van der Waals surface area (Å²) in [6.07, 6.45) is 0. The molecule has 3 nitrogen and oxygen atoms in total. The highest BCUT2D eigenvalue weighted by Gasteiger charge is 2.06. The molecule has 3 aromatic carbocycles. The molecule has 0 spiro atoms. The van der Waals surface area contributed by atoms with Gasteiger partial charge < -0.3 is 10.4 Å². The number of phenolic OH excluding ortho intramolecular Hbond substituents is 1. The summed E-state index contributed by atoms with van der Waals surface area (Å²) in [4.78, 5) is 12.1. The summed E-state index contributed by atoms with van der Waals surface area (Å²) in [5.41, 5.74) is 1.26. The van der Waals surface area contributed by atoms with Crippen LogP contribution in [0.4, 0.5) is 5.69 Å². The molecular formula is C17H13NO2. The second-order valence-electron chi connectivity index (χ2n) is 4.53. The van der Waals surface area contributed by atoms with Gasteiger partial charge in [-0.2, -0.15) is 0 Å². The average molecular weight is 263 g/mol. The lowest BCUT2D eigenvalue weighted by Gasteiger charge is -2.07. The fourth-order valence-electron chi connectivity index (χ4n) is 2.13. The van der Waals surface area contributed by atoms with Crippen molar-refractivity contribution in [2.75, 3.05) is 5.32 Å². The van der Waals surface area contributed by atoms with Crippen molar-refractivity contribution in [2.24, 2.45) is 0 Å². The zero-order valence-electron chi connectivity index (χ0n) is 10.7. The van der Waals surface area contributed by atoms with E-state index in [-0.39, 0.29) is 11.7 Å². The molecule has 0 aromatic heterocycles. The van der Waals surface area contributed by atoms with Gasteiger partial charge >= 0.3 is 0 Å². The number of amides is 1. The Bertz CT molecular complexity index is 766. The Kier molecular flexibility index (Phi) is 3.09. The van der Waals surface area contributed by atoms with E-state index >= 15 is 0 Å². The van der Waals surface area contributed by atoms with Crippen LogP contribution in [0.5, 0.6) is 5.75 Å². The molecule has 0 aliphatic carbocycles. The summed E-state index contributed by atoms with van der Waals surface area (Å²) in [7, 11) is 0. The number of rotatable bonds is 2. The first-order valence-corrected chi connectivity index (χ1v) is 6.32. The number of anilines is 1. The molecule has 1 amide bonds. The lowest BCUT2D eigenvalue weighted by atomic mass is 10.1. The van der Waals surface area contributed by atoms with Gasteiger partial charge in [0.2, 0.25) is 0 Å². The van der Waals surface area contributed by atoms with E-state index in [4.69, 9.17) is 0 Å². The van der Waals surface area contributed by atoms with Gasteiger partial charge in [0.05, 0.1) is 0 Å². The van der Waals surface area contributed by atoms with Crippen LogP contribution in [0.2, 0.25) is 0 Å². The van der Waals surface area contributed by atoms with E-state index < -0.39 is 0 Å². The van der Waals surface area contributed by atoms with Gasteiger partial charge in [-0.15, -0.1) is 0 Å². The van der Waals surface area contributed by atoms with Gasteiger partial charge in [0.25, 0.3) is 5.91 Å². The zero-order valence-corrected chi connectivity index (χ0v) is 10.7. The molecule has 0 saturated carbocycles. The summed E-state index contributed by atoms with van der Waals surface area (Å²) in [5.74, 6) is 0.0404. The smallest absolute Gasteiger partial charge is 0.255 e. The number of fused-ring (bicyclic) bond motifs is 1. The Labute approximate surface area is 116 Å². The number of carbonyl (C=O) groups excluding carboxylic acids is 1. The summed E-state index contributed by atoms with van der Waals surface area (Å²) in [6.45, 7) is 0. The van der Waals surface area contributed by atoms with Crippen LogP contribution in [-0.2, 0) is 0 Å². The first-order chi connectivity index (χ1) is 9.74. The molecular weight excluding hydrogens is 250 g/mol. The van der Waals surface area contributed by atoms with Crippen molar-refractivity contribution < 1.29 is 9.90 Å². The van der Waals surface area contributed by atoms with Gasteiger partial charge in [-0.1, -0.05) is 36.4 Å². The molecule has 0 atom stereocenters. The van der Waals surface area contributed by atoms with E-state index in [9.17, 15) is 9.90 Å². The van der Waals surface area contributed by atoms with Crippen molar-refractivity contribution >= 4 is 22.4 Å². The highest BCUT2D eigenvalue weighted by molar-refractivity contribution is 6.05. The molecule has 0 fully saturated rings. The number of carbonyl (C=O) groups is 1. The van der Waals surface area contributed by atoms with Gasteiger partial charge in [0.1, 0.15) is 5.75 Å². The van der Waals surface area contributed by atoms with E-state index in [1.165, 1.54) is 0 Å². The predicted octanol–water partition coefficient (Wildman–Crippen LogP) is 3.80. The third kappa shape index (κ3) is 2.34. The van der Waals surface area contributed by atoms with Crippen LogP contribution >= 0.6 is 0 Å². The molecule has 2 N–H and O–H groups in total. The highest BCUT2D eigenvalue weighted by Crippen LogP contribution is 2.27. The minimum Gasteiger partial charge on any atom is -0.507 e. The Balaban J connectivity index is 1.92. The van der Waals surface area contributed by atoms with Crippen LogP contribution < -0.4 is 5.32 Å². The van der Waals surface area contributed by atoms with Crippen molar-refractivity contribution in [1.29, 1.82) is 0 Å². The molecule has 0 aliphatic heterocycles. The monoisotopic (exact) mass is 263 g/mol. The van der Waals surface area contributed by atoms with Crippen molar-refractivity contribution in [3.63, 3.8) is 0 Å². The number of benzene rings is 3. The molecule has 3 aromatic rings. The second-order valence-corrected chi connectivity index (χ2v) is 4.53. The van der Waals surface area contributed by atoms with Crippen LogP contribution in [0.3, 0.4) is 0 Å². The van der Waals surface area contributed by atoms with Crippen molar-refractivity contribution in [3.05, 3.63) is 72.3 Å². The van der Waals surface area contributed by atoms with Crippen molar-refractivity contribution in [3.8, 4) is 5.75 Å². The fourth-order valence-corrected chi connectivity index (χ4v) is 2.13. The minimum absolute atomic E-state index is 0.166. The molecule has 0 heterocycles. The summed E-state index contributed by atoms with van der Waals surface area (Å²) in [6, 6.07) is 19.8. The van der Waals surface area contributed by atoms with E-state index in [2.05, 4.69) is 5.32 Å². The maximum Gasteiger partial charge on any atom is 0.255 e. The van der Waals surface area contributed by atoms with E-state index in [0.717, 1.165) is 10.8 Å². The lowest BCUT2D eigenvalue weighted by molar-refractivity contribution is 0.102. The number of hydrogen-bond acceptors (Lipinski definition) is 2. The number of nitrogens with one attached hydrogen (secondary N) is 1. The van der Waals surface area contributed by atoms with Gasteiger partial charge in [-0.05, 0) is 35.7 Å². The molecule has 0 saturated heterocycles. The lowest BCUT2D eigenvalue weighted by Crippen LogP contribution is -2.11. The third-order valence-corrected chi connectivity index (χ3v) is 3.15. The normalized spacial score (nSPS) is 10.4. The third-order valence-electron chi connectivity index (χ3n) is 3.15. The van der Waals surface area contributed by atoms with Crippen LogP contribution in [0.25, 0.3) is 10.8 Å². The SMILES string of the molecule is O=C(Nc1ccc2cccc(O)c2c1)c1ccccc1. The molecule has 3 rings (SSSR count). The van der Waals surface area contributed by atoms with Crippen LogP contribution in [0, 0.1) is 0 Å². The van der Waals surface area contributed by atoms with Crippen molar-refractivity contribution in [2.45, 2.75) is 0 Å². The van der Waals surface area contributed by atoms with E-state index in [0.29, 0.717) is 11.3 Å². The predicted molar refractivity (Wildman–Crippen MR) is 80.0 cm³/mol. The van der Waals surface area contributed by atoms with Crippen molar-refractivity contribution in [1.82, 2.24) is 0 Å². The Morgan fingerprint density at radius 3 is 2.50 bits per heavy atom. The molecule has 0 unspecified atom stereocenters. The maximum absolute atomic E-state index is 12.1. The van der Waals surface area contributed by atoms with Gasteiger partial charge in [-0.25, -0.2) is 0 Å². The molecule has 0 bridgehead atoms. The van der Waals surface area contributed by atoms with Gasteiger partial charge in [-0.3, -0.25) is 4.79 Å². The fraction of sp³-hybridized carbons (Fsp3) is 0. The Morgan fingerprint density at radius 1 is 0.900 bits per heavy atom. The number of aromatic hydroxyl groups is 1. The average Bonchev–Trinajstić information content (AvgIpc) is 2.49. The standard InChI is InChI=1S/C17H13NO2/c19-16-8-4-7-12-9-10-14(11-15(12)16)18-17(20)13-5-2-1-3-6-13/h1-11,19H,(H,18,20). The maximum atomic E-state index is 12.1. The molecule has 20 heavy (non-hydrogen) atoms. The number of hydrogen-bond donors (Lipinski definition) is 2. The quantitative estimate of drug-likeness (QED) is 0.738. The zero-order chi connectivity index (χ0) is 13.9. The summed E-state index contributed by atoms with van der Waals surface area (Å²) < 4.78 is 0. The number of phenols is 1. The minimum atomic E-state index is -0.166. The molecule has 98 valence electrons. The van der Waals surface area contributed by atoms with E-state index in [1.54, 1.807) is 30.3 Å². The Morgan fingerprint density at radius 2 is 1.70 bits per heavy atom. The largest absolute Gasteiger partial charge is 0.507 e. The first kappa shape index (κ1) is 12.2. The summed E-state index contributed by atoms with van der Waals surface area (Å²) >= 11 is 0. The van der Waals surface area contributed by atoms with E-state index in [1.807, 2.05) is 36.4 Å². The highest BCUT2D eigenvalue weighted by atomic mass is 16.3. The van der Waals surface area contributed by atoms with Crippen LogP contribution in [0.1, 0.15) is 10.4 Å². The molecule has 0 radical (unpaired) electrons. The van der Waals surface area contributed by atoms with Crippen LogP contribution in [0.15, 0.2) is 66.7 Å². The topological polar surface area (TPSA) is 49.3 Å². The second kappa shape index (κ2) is 5.05.